The summed E-state index contributed by atoms with van der Waals surface area (Å²) in [5.41, 5.74) is 7.68. The highest BCUT2D eigenvalue weighted by atomic mass is 16.1. The zero-order chi connectivity index (χ0) is 30.6. The molecule has 0 bridgehead atoms. The molecule has 0 spiro atoms. The average molecular weight is 574 g/mol. The number of nitriles is 1. The van der Waals surface area contributed by atoms with E-state index in [4.69, 9.17) is 4.98 Å². The van der Waals surface area contributed by atoms with E-state index in [2.05, 4.69) is 39.7 Å². The van der Waals surface area contributed by atoms with E-state index in [0.717, 1.165) is 66.3 Å². The summed E-state index contributed by atoms with van der Waals surface area (Å²) >= 11 is 0. The Morgan fingerprint density at radius 3 is 2.34 bits per heavy atom. The zero-order valence-corrected chi connectivity index (χ0v) is 24.5. The minimum atomic E-state index is -0.633. The van der Waals surface area contributed by atoms with Crippen molar-refractivity contribution in [3.05, 3.63) is 120 Å². The molecule has 3 aromatic carbocycles. The number of fused-ring (bicyclic) bond motifs is 4. The molecular formula is C36H27N7O. The lowest BCUT2D eigenvalue weighted by molar-refractivity contribution is 0.686. The number of pyridine rings is 2. The van der Waals surface area contributed by atoms with Gasteiger partial charge in [0.2, 0.25) is 0 Å². The quantitative estimate of drug-likeness (QED) is 0.220. The molecule has 8 heteroatoms. The van der Waals surface area contributed by atoms with E-state index < -0.39 is 5.41 Å². The highest BCUT2D eigenvalue weighted by Crippen LogP contribution is 2.33. The summed E-state index contributed by atoms with van der Waals surface area (Å²) in [6, 6.07) is 24.2. The summed E-state index contributed by atoms with van der Waals surface area (Å²) in [5, 5.41) is 11.4. The number of nitrogens with zero attached hydrogens (tertiary/aromatic N) is 7. The van der Waals surface area contributed by atoms with Crippen molar-refractivity contribution in [3.8, 4) is 34.0 Å². The first-order valence-electron chi connectivity index (χ1n) is 14.2. The number of rotatable bonds is 5. The van der Waals surface area contributed by atoms with Gasteiger partial charge in [0.15, 0.2) is 5.82 Å². The molecule has 0 atom stereocenters. The number of hydrogen-bond donors (Lipinski definition) is 0. The van der Waals surface area contributed by atoms with Crippen LogP contribution in [0.25, 0.3) is 66.9 Å². The third kappa shape index (κ3) is 4.26. The molecule has 0 fully saturated rings. The highest BCUT2D eigenvalue weighted by Gasteiger charge is 2.21. The normalized spacial score (nSPS) is 11.7. The third-order valence-corrected chi connectivity index (χ3v) is 8.22. The summed E-state index contributed by atoms with van der Waals surface area (Å²) in [5.74, 6) is 0.577. The van der Waals surface area contributed by atoms with Crippen molar-refractivity contribution >= 4 is 38.9 Å². The van der Waals surface area contributed by atoms with E-state index in [0.29, 0.717) is 5.82 Å². The Hall–Kier alpha value is -5.94. The van der Waals surface area contributed by atoms with E-state index in [1.807, 2.05) is 74.6 Å². The van der Waals surface area contributed by atoms with E-state index >= 15 is 0 Å². The van der Waals surface area contributed by atoms with E-state index in [-0.39, 0.29) is 5.69 Å². The van der Waals surface area contributed by atoms with E-state index in [1.165, 1.54) is 0 Å². The lowest BCUT2D eigenvalue weighted by atomic mass is 9.86. The zero-order valence-electron chi connectivity index (χ0n) is 24.5. The van der Waals surface area contributed by atoms with Crippen molar-refractivity contribution in [2.75, 3.05) is 0 Å². The molecule has 0 saturated carbocycles. The second-order valence-electron chi connectivity index (χ2n) is 11.3. The first kappa shape index (κ1) is 26.9. The molecule has 0 saturated heterocycles. The Morgan fingerprint density at radius 1 is 0.864 bits per heavy atom. The predicted molar refractivity (Wildman–Crippen MR) is 174 cm³/mol. The van der Waals surface area contributed by atoms with Crippen LogP contribution in [0, 0.1) is 11.3 Å². The Kier molecular flexibility index (Phi) is 6.18. The molecule has 0 unspecified atom stereocenters. The van der Waals surface area contributed by atoms with Gasteiger partial charge in [0.05, 0.1) is 45.4 Å². The summed E-state index contributed by atoms with van der Waals surface area (Å²) in [4.78, 5) is 31.8. The Bertz CT molecular complexity index is 2360. The van der Waals surface area contributed by atoms with Crippen molar-refractivity contribution in [2.45, 2.75) is 19.3 Å². The monoisotopic (exact) mass is 573 g/mol. The van der Waals surface area contributed by atoms with Gasteiger partial charge in [-0.15, -0.1) is 0 Å². The maximum Gasteiger partial charge on any atom is 0.333 e. The van der Waals surface area contributed by atoms with Gasteiger partial charge in [0.25, 0.3) is 0 Å². The first-order valence-corrected chi connectivity index (χ1v) is 14.2. The van der Waals surface area contributed by atoms with Gasteiger partial charge in [0.1, 0.15) is 0 Å². The van der Waals surface area contributed by atoms with Crippen molar-refractivity contribution < 1.29 is 0 Å². The number of hydrogen-bond acceptors (Lipinski definition) is 6. The van der Waals surface area contributed by atoms with Gasteiger partial charge in [-0.2, -0.15) is 5.26 Å². The minimum Gasteiger partial charge on any atom is -0.293 e. The van der Waals surface area contributed by atoms with Gasteiger partial charge in [-0.1, -0.05) is 43.0 Å². The standard InChI is InChI=1S/C36H27N7O/c1-5-32-39-18-25(19-40-32)28-8-6-7-23-15-24(17-41-33(23)28)22-9-14-30-29(16-22)34-31(20-38-30)42(4)35(44)43(34)27-12-10-26(11-13-27)36(2,3)21-37/h5-20H,1H2,2-4H3. The van der Waals surface area contributed by atoms with Gasteiger partial charge in [-0.3, -0.25) is 19.1 Å². The number of aromatic nitrogens is 6. The molecule has 7 aromatic rings. The molecule has 4 heterocycles. The second kappa shape index (κ2) is 10.1. The number of para-hydroxylation sites is 1. The van der Waals surface area contributed by atoms with Crippen molar-refractivity contribution in [1.29, 1.82) is 5.26 Å². The van der Waals surface area contributed by atoms with Crippen LogP contribution in [-0.4, -0.2) is 29.1 Å². The van der Waals surface area contributed by atoms with Gasteiger partial charge in [-0.05, 0) is 61.4 Å². The van der Waals surface area contributed by atoms with Crippen LogP contribution in [0.2, 0.25) is 0 Å². The molecule has 0 amide bonds. The fraction of sp³-hybridized carbons (Fsp3) is 0.111. The molecule has 0 aliphatic rings. The molecule has 7 rings (SSSR count). The van der Waals surface area contributed by atoms with Crippen LogP contribution in [0.5, 0.6) is 0 Å². The molecule has 8 nitrogen and oxygen atoms in total. The molecule has 212 valence electrons. The molecule has 0 aliphatic heterocycles. The topological polar surface area (TPSA) is 102 Å². The summed E-state index contributed by atoms with van der Waals surface area (Å²) < 4.78 is 3.34. The van der Waals surface area contributed by atoms with Crippen LogP contribution in [0.15, 0.2) is 103 Å². The van der Waals surface area contributed by atoms with E-state index in [1.54, 1.807) is 40.8 Å². The fourth-order valence-corrected chi connectivity index (χ4v) is 5.64. The molecule has 0 aliphatic carbocycles. The smallest absolute Gasteiger partial charge is 0.293 e. The highest BCUT2D eigenvalue weighted by molar-refractivity contribution is 6.05. The SMILES string of the molecule is C=Cc1ncc(-c2cccc3cc(-c4ccc5ncc6c(c5c4)n(-c4ccc(C(C)(C)C#N)cc4)c(=O)n6C)cnc23)cn1. The van der Waals surface area contributed by atoms with Gasteiger partial charge in [0, 0.05) is 53.1 Å². The van der Waals surface area contributed by atoms with Gasteiger partial charge < -0.3 is 0 Å². The number of aryl methyl sites for hydroxylation is 1. The largest absolute Gasteiger partial charge is 0.333 e. The fourth-order valence-electron chi connectivity index (χ4n) is 5.64. The van der Waals surface area contributed by atoms with Crippen LogP contribution < -0.4 is 5.69 Å². The van der Waals surface area contributed by atoms with Crippen molar-refractivity contribution in [2.24, 2.45) is 7.05 Å². The summed E-state index contributed by atoms with van der Waals surface area (Å²) in [6.45, 7) is 7.49. The predicted octanol–water partition coefficient (Wildman–Crippen LogP) is 6.99. The Labute approximate surface area is 253 Å². The average Bonchev–Trinajstić information content (AvgIpc) is 3.33. The molecule has 4 aromatic heterocycles. The lowest BCUT2D eigenvalue weighted by Crippen LogP contribution is -2.21. The summed E-state index contributed by atoms with van der Waals surface area (Å²) in [7, 11) is 1.76. The third-order valence-electron chi connectivity index (χ3n) is 8.22. The number of imidazole rings is 1. The molecular weight excluding hydrogens is 546 g/mol. The number of benzene rings is 3. The maximum absolute atomic E-state index is 13.6. The molecule has 0 N–H and O–H groups in total. The minimum absolute atomic E-state index is 0.169. The lowest BCUT2D eigenvalue weighted by Gasteiger charge is -2.16. The first-order chi connectivity index (χ1) is 21.3. The van der Waals surface area contributed by atoms with Gasteiger partial charge in [-0.25, -0.2) is 14.8 Å². The Balaban J connectivity index is 1.38. The van der Waals surface area contributed by atoms with E-state index in [9.17, 15) is 10.1 Å². The summed E-state index contributed by atoms with van der Waals surface area (Å²) in [6.07, 6.45) is 8.80. The van der Waals surface area contributed by atoms with Crippen LogP contribution in [0.3, 0.4) is 0 Å². The second-order valence-corrected chi connectivity index (χ2v) is 11.3. The van der Waals surface area contributed by atoms with Gasteiger partial charge >= 0.3 is 5.69 Å². The van der Waals surface area contributed by atoms with Crippen LogP contribution in [-0.2, 0) is 12.5 Å². The molecule has 44 heavy (non-hydrogen) atoms. The molecule has 0 radical (unpaired) electrons. The van der Waals surface area contributed by atoms with Crippen molar-refractivity contribution in [1.82, 2.24) is 29.1 Å². The maximum atomic E-state index is 13.6. The van der Waals surface area contributed by atoms with Crippen LogP contribution in [0.1, 0.15) is 25.2 Å². The Morgan fingerprint density at radius 2 is 1.61 bits per heavy atom. The van der Waals surface area contributed by atoms with Crippen LogP contribution >= 0.6 is 0 Å². The van der Waals surface area contributed by atoms with Crippen molar-refractivity contribution in [3.63, 3.8) is 0 Å². The van der Waals surface area contributed by atoms with Crippen LogP contribution in [0.4, 0.5) is 0 Å².